The van der Waals surface area contributed by atoms with Gasteiger partial charge in [0.1, 0.15) is 0 Å². The SMILES string of the molecule is CCCC(N)C(CC)OC1CCCC(C)C1. The monoisotopic (exact) mass is 227 g/mol. The number of rotatable bonds is 6. The van der Waals surface area contributed by atoms with Gasteiger partial charge in [0, 0.05) is 6.04 Å². The highest BCUT2D eigenvalue weighted by Crippen LogP contribution is 2.27. The molecule has 0 heterocycles. The standard InChI is InChI=1S/C14H29NO/c1-4-7-13(15)14(5-2)16-12-9-6-8-11(3)10-12/h11-14H,4-10,15H2,1-3H3. The van der Waals surface area contributed by atoms with E-state index < -0.39 is 0 Å². The number of hydrogen-bond acceptors (Lipinski definition) is 2. The Balaban J connectivity index is 2.36. The fourth-order valence-electron chi connectivity index (χ4n) is 2.77. The van der Waals surface area contributed by atoms with Gasteiger partial charge in [-0.3, -0.25) is 0 Å². The molecule has 1 saturated carbocycles. The molecule has 4 unspecified atom stereocenters. The minimum atomic E-state index is 0.229. The maximum absolute atomic E-state index is 6.20. The van der Waals surface area contributed by atoms with E-state index in [1.165, 1.54) is 25.7 Å². The van der Waals surface area contributed by atoms with Crippen molar-refractivity contribution in [2.24, 2.45) is 11.7 Å². The van der Waals surface area contributed by atoms with Gasteiger partial charge in [0.2, 0.25) is 0 Å². The lowest BCUT2D eigenvalue weighted by atomic mass is 9.88. The molecule has 2 heteroatoms. The summed E-state index contributed by atoms with van der Waals surface area (Å²) < 4.78 is 6.20. The van der Waals surface area contributed by atoms with E-state index in [1.54, 1.807) is 0 Å². The predicted octanol–water partition coefficient (Wildman–Crippen LogP) is 3.49. The first-order valence-electron chi connectivity index (χ1n) is 7.08. The van der Waals surface area contributed by atoms with Crippen molar-refractivity contribution < 1.29 is 4.74 Å². The zero-order chi connectivity index (χ0) is 12.0. The van der Waals surface area contributed by atoms with Crippen LogP contribution in [0.3, 0.4) is 0 Å². The predicted molar refractivity (Wildman–Crippen MR) is 69.5 cm³/mol. The van der Waals surface area contributed by atoms with Crippen LogP contribution in [0.1, 0.15) is 65.7 Å². The maximum atomic E-state index is 6.20. The van der Waals surface area contributed by atoms with Crippen molar-refractivity contribution >= 4 is 0 Å². The van der Waals surface area contributed by atoms with Crippen LogP contribution in [0.2, 0.25) is 0 Å². The van der Waals surface area contributed by atoms with Gasteiger partial charge in [-0.2, -0.15) is 0 Å². The third-order valence-corrected chi connectivity index (χ3v) is 3.76. The summed E-state index contributed by atoms with van der Waals surface area (Å²) in [6.45, 7) is 6.71. The quantitative estimate of drug-likeness (QED) is 0.754. The van der Waals surface area contributed by atoms with Crippen molar-refractivity contribution in [2.75, 3.05) is 0 Å². The van der Waals surface area contributed by atoms with Crippen molar-refractivity contribution in [1.29, 1.82) is 0 Å². The topological polar surface area (TPSA) is 35.2 Å². The molecule has 1 rings (SSSR count). The highest BCUT2D eigenvalue weighted by Gasteiger charge is 2.24. The normalized spacial score (nSPS) is 30.0. The van der Waals surface area contributed by atoms with Gasteiger partial charge < -0.3 is 10.5 Å². The summed E-state index contributed by atoms with van der Waals surface area (Å²) >= 11 is 0. The van der Waals surface area contributed by atoms with Gasteiger partial charge in [-0.15, -0.1) is 0 Å². The fourth-order valence-corrected chi connectivity index (χ4v) is 2.77. The van der Waals surface area contributed by atoms with E-state index >= 15 is 0 Å². The molecule has 1 fully saturated rings. The highest BCUT2D eigenvalue weighted by molar-refractivity contribution is 4.77. The molecule has 0 amide bonds. The van der Waals surface area contributed by atoms with Crippen LogP contribution < -0.4 is 5.73 Å². The maximum Gasteiger partial charge on any atom is 0.0727 e. The van der Waals surface area contributed by atoms with E-state index in [9.17, 15) is 0 Å². The van der Waals surface area contributed by atoms with Crippen molar-refractivity contribution in [1.82, 2.24) is 0 Å². The molecule has 4 atom stereocenters. The van der Waals surface area contributed by atoms with E-state index in [0.717, 1.165) is 25.2 Å². The molecule has 0 aromatic heterocycles. The molecule has 2 nitrogen and oxygen atoms in total. The lowest BCUT2D eigenvalue weighted by molar-refractivity contribution is -0.0516. The Labute approximate surface area is 101 Å². The van der Waals surface area contributed by atoms with E-state index in [1.807, 2.05) is 0 Å². The zero-order valence-electron chi connectivity index (χ0n) is 11.2. The van der Waals surface area contributed by atoms with Crippen molar-refractivity contribution in [3.05, 3.63) is 0 Å². The molecule has 0 aromatic rings. The molecule has 16 heavy (non-hydrogen) atoms. The van der Waals surface area contributed by atoms with Crippen molar-refractivity contribution in [3.8, 4) is 0 Å². The average molecular weight is 227 g/mol. The van der Waals surface area contributed by atoms with E-state index in [0.29, 0.717) is 6.10 Å². The van der Waals surface area contributed by atoms with Gasteiger partial charge in [0.25, 0.3) is 0 Å². The summed E-state index contributed by atoms with van der Waals surface area (Å²) in [6, 6.07) is 0.229. The molecule has 0 spiro atoms. The molecule has 0 radical (unpaired) electrons. The van der Waals surface area contributed by atoms with Crippen LogP contribution in [0.5, 0.6) is 0 Å². The molecule has 0 saturated heterocycles. The second-order valence-electron chi connectivity index (χ2n) is 5.43. The number of ether oxygens (including phenoxy) is 1. The first kappa shape index (κ1) is 14.0. The first-order valence-corrected chi connectivity index (χ1v) is 7.08. The second-order valence-corrected chi connectivity index (χ2v) is 5.43. The molecular weight excluding hydrogens is 198 g/mol. The van der Waals surface area contributed by atoms with Crippen LogP contribution in [-0.4, -0.2) is 18.2 Å². The lowest BCUT2D eigenvalue weighted by Crippen LogP contribution is -2.39. The minimum Gasteiger partial charge on any atom is -0.373 e. The second kappa shape index (κ2) is 7.29. The van der Waals surface area contributed by atoms with Gasteiger partial charge in [-0.1, -0.05) is 40.0 Å². The number of nitrogens with two attached hydrogens (primary N) is 1. The Morgan fingerprint density at radius 2 is 2.06 bits per heavy atom. The van der Waals surface area contributed by atoms with Crippen molar-refractivity contribution in [2.45, 2.75) is 84.0 Å². The summed E-state index contributed by atoms with van der Waals surface area (Å²) in [5.74, 6) is 0.832. The van der Waals surface area contributed by atoms with Gasteiger partial charge in [-0.05, 0) is 31.6 Å². The van der Waals surface area contributed by atoms with Crippen LogP contribution >= 0.6 is 0 Å². The smallest absolute Gasteiger partial charge is 0.0727 e. The van der Waals surface area contributed by atoms with Crippen LogP contribution in [0.15, 0.2) is 0 Å². The summed E-state index contributed by atoms with van der Waals surface area (Å²) in [7, 11) is 0. The van der Waals surface area contributed by atoms with E-state index in [4.69, 9.17) is 10.5 Å². The lowest BCUT2D eigenvalue weighted by Gasteiger charge is -2.32. The zero-order valence-corrected chi connectivity index (χ0v) is 11.2. The van der Waals surface area contributed by atoms with Crippen LogP contribution in [0, 0.1) is 5.92 Å². The summed E-state index contributed by atoms with van der Waals surface area (Å²) in [4.78, 5) is 0. The Morgan fingerprint density at radius 1 is 1.31 bits per heavy atom. The Kier molecular flexibility index (Phi) is 6.37. The summed E-state index contributed by atoms with van der Waals surface area (Å²) in [5, 5.41) is 0. The molecule has 0 bridgehead atoms. The van der Waals surface area contributed by atoms with E-state index in [-0.39, 0.29) is 12.1 Å². The summed E-state index contributed by atoms with van der Waals surface area (Å²) in [6.07, 6.45) is 9.19. The number of hydrogen-bond donors (Lipinski definition) is 1. The van der Waals surface area contributed by atoms with Crippen LogP contribution in [-0.2, 0) is 4.74 Å². The third-order valence-electron chi connectivity index (χ3n) is 3.76. The van der Waals surface area contributed by atoms with Crippen LogP contribution in [0.4, 0.5) is 0 Å². The molecule has 2 N–H and O–H groups in total. The van der Waals surface area contributed by atoms with Gasteiger partial charge in [0.05, 0.1) is 12.2 Å². The third kappa shape index (κ3) is 4.42. The molecule has 0 aromatic carbocycles. The molecule has 1 aliphatic carbocycles. The Bertz CT molecular complexity index is 184. The first-order chi connectivity index (χ1) is 7.67. The minimum absolute atomic E-state index is 0.229. The van der Waals surface area contributed by atoms with E-state index in [2.05, 4.69) is 20.8 Å². The summed E-state index contributed by atoms with van der Waals surface area (Å²) in [5.41, 5.74) is 6.17. The molecule has 0 aliphatic heterocycles. The molecule has 1 aliphatic rings. The van der Waals surface area contributed by atoms with Gasteiger partial charge >= 0.3 is 0 Å². The van der Waals surface area contributed by atoms with Gasteiger partial charge in [0.15, 0.2) is 0 Å². The van der Waals surface area contributed by atoms with Crippen molar-refractivity contribution in [3.63, 3.8) is 0 Å². The Morgan fingerprint density at radius 3 is 2.62 bits per heavy atom. The Hall–Kier alpha value is -0.0800. The van der Waals surface area contributed by atoms with Gasteiger partial charge in [-0.25, -0.2) is 0 Å². The molecule has 96 valence electrons. The largest absolute Gasteiger partial charge is 0.373 e. The fraction of sp³-hybridized carbons (Fsp3) is 1.00. The average Bonchev–Trinajstić information content (AvgIpc) is 2.26. The molecular formula is C14H29NO. The highest BCUT2D eigenvalue weighted by atomic mass is 16.5. The van der Waals surface area contributed by atoms with Crippen LogP contribution in [0.25, 0.3) is 0 Å².